The second-order valence-corrected chi connectivity index (χ2v) is 9.59. The van der Waals surface area contributed by atoms with Crippen LogP contribution in [0.1, 0.15) is 33.0 Å². The van der Waals surface area contributed by atoms with Gasteiger partial charge in [0.05, 0.1) is 0 Å². The van der Waals surface area contributed by atoms with E-state index >= 15 is 0 Å². The first-order chi connectivity index (χ1) is 19.1. The minimum Gasteiger partial charge on any atom is -0.361 e. The quantitative estimate of drug-likeness (QED) is 0.128. The molecule has 0 radical (unpaired) electrons. The topological polar surface area (TPSA) is 84.7 Å². The number of anilines is 1. The molecule has 8 heteroatoms. The van der Waals surface area contributed by atoms with Crippen LogP contribution >= 0.6 is 12.2 Å². The van der Waals surface area contributed by atoms with E-state index in [9.17, 15) is 9.18 Å². The van der Waals surface area contributed by atoms with Crippen LogP contribution in [0.4, 0.5) is 10.1 Å². The molecule has 192 valence electrons. The number of hydrogen-bond donors (Lipinski definition) is 5. The van der Waals surface area contributed by atoms with Gasteiger partial charge in [0.2, 0.25) is 0 Å². The molecule has 0 saturated carbocycles. The number of thiocarbonyl (C=S) groups is 1. The van der Waals surface area contributed by atoms with E-state index in [1.807, 2.05) is 36.4 Å². The summed E-state index contributed by atoms with van der Waals surface area (Å²) in [5.41, 5.74) is 11.7. The van der Waals surface area contributed by atoms with Crippen LogP contribution in [-0.4, -0.2) is 21.0 Å². The molecule has 5 N–H and O–H groups in total. The molecule has 6 rings (SSSR count). The average molecular weight is 534 g/mol. The molecule has 0 atom stereocenters. The lowest BCUT2D eigenvalue weighted by Gasteiger charge is -2.18. The summed E-state index contributed by atoms with van der Waals surface area (Å²) in [5, 5.41) is 5.28. The molecule has 0 aliphatic heterocycles. The summed E-state index contributed by atoms with van der Waals surface area (Å²) in [6, 6.07) is 30.0. The standard InChI is InChI=1S/C31H24FN5OS/c32-21-6-5-7-22(16-21)35-31(39)37-36-30(38)20-14-12-19(13-15-20)29(25-17-33-27-10-3-1-8-23(25)27)26-18-34-28-11-4-2-9-24(26)28/h1-18,29,33-34H,(H,36,38)(H2,35,37,39). The fraction of sp³-hybridized carbons (Fsp3) is 0.0323. The van der Waals surface area contributed by atoms with E-state index < -0.39 is 0 Å². The third kappa shape index (κ3) is 4.97. The third-order valence-corrected chi connectivity index (χ3v) is 6.95. The van der Waals surface area contributed by atoms with Crippen molar-refractivity contribution < 1.29 is 9.18 Å². The van der Waals surface area contributed by atoms with Crippen LogP contribution in [0.2, 0.25) is 0 Å². The van der Waals surface area contributed by atoms with Crippen molar-refractivity contribution in [3.8, 4) is 0 Å². The van der Waals surface area contributed by atoms with Crippen LogP contribution in [-0.2, 0) is 0 Å². The van der Waals surface area contributed by atoms with Gasteiger partial charge in [-0.25, -0.2) is 4.39 Å². The van der Waals surface area contributed by atoms with Gasteiger partial charge >= 0.3 is 0 Å². The molecule has 2 heterocycles. The highest BCUT2D eigenvalue weighted by atomic mass is 32.1. The van der Waals surface area contributed by atoms with E-state index in [0.29, 0.717) is 11.3 Å². The molecule has 0 fully saturated rings. The van der Waals surface area contributed by atoms with Gasteiger partial charge in [-0.1, -0.05) is 54.6 Å². The second-order valence-electron chi connectivity index (χ2n) is 9.18. The number of aromatic amines is 2. The van der Waals surface area contributed by atoms with Crippen molar-refractivity contribution in [1.82, 2.24) is 20.8 Å². The molecular weight excluding hydrogens is 509 g/mol. The Balaban J connectivity index is 1.26. The number of amides is 1. The Bertz CT molecular complexity index is 1730. The van der Waals surface area contributed by atoms with Crippen molar-refractivity contribution in [2.45, 2.75) is 5.92 Å². The number of nitrogens with one attached hydrogen (secondary N) is 5. The number of para-hydroxylation sites is 2. The Morgan fingerprint density at radius 1 is 0.744 bits per heavy atom. The van der Waals surface area contributed by atoms with E-state index in [0.717, 1.165) is 38.5 Å². The normalized spacial score (nSPS) is 11.1. The lowest BCUT2D eigenvalue weighted by Crippen LogP contribution is -2.43. The predicted octanol–water partition coefficient (Wildman–Crippen LogP) is 6.60. The number of hydrogen-bond acceptors (Lipinski definition) is 2. The van der Waals surface area contributed by atoms with Gasteiger partial charge in [-0.15, -0.1) is 0 Å². The number of H-pyrrole nitrogens is 2. The van der Waals surface area contributed by atoms with E-state index in [1.54, 1.807) is 24.3 Å². The van der Waals surface area contributed by atoms with Gasteiger partial charge in [0.15, 0.2) is 5.11 Å². The van der Waals surface area contributed by atoms with Gasteiger partial charge < -0.3 is 15.3 Å². The molecule has 0 unspecified atom stereocenters. The summed E-state index contributed by atoms with van der Waals surface area (Å²) < 4.78 is 13.4. The lowest BCUT2D eigenvalue weighted by atomic mass is 9.84. The lowest BCUT2D eigenvalue weighted by molar-refractivity contribution is 0.0944. The molecule has 0 aliphatic rings. The number of carbonyl (C=O) groups is 1. The number of hydrazine groups is 1. The molecule has 0 spiro atoms. The fourth-order valence-electron chi connectivity index (χ4n) is 4.93. The smallest absolute Gasteiger partial charge is 0.269 e. The molecular formula is C31H24FN5OS. The Kier molecular flexibility index (Phi) is 6.52. The van der Waals surface area contributed by atoms with Gasteiger partial charge in [0.25, 0.3) is 5.91 Å². The van der Waals surface area contributed by atoms with Crippen molar-refractivity contribution in [2.75, 3.05) is 5.32 Å². The Labute approximate surface area is 229 Å². The number of carbonyl (C=O) groups excluding carboxylic acids is 1. The number of halogens is 1. The largest absolute Gasteiger partial charge is 0.361 e. The van der Waals surface area contributed by atoms with Crippen LogP contribution in [0.15, 0.2) is 109 Å². The Hall–Kier alpha value is -4.95. The summed E-state index contributed by atoms with van der Waals surface area (Å²) in [6.07, 6.45) is 4.13. The first-order valence-corrected chi connectivity index (χ1v) is 12.8. The van der Waals surface area contributed by atoms with Crippen LogP contribution in [0.3, 0.4) is 0 Å². The summed E-state index contributed by atoms with van der Waals surface area (Å²) in [7, 11) is 0. The first kappa shape index (κ1) is 24.4. The van der Waals surface area contributed by atoms with Gasteiger partial charge in [-0.2, -0.15) is 0 Å². The van der Waals surface area contributed by atoms with E-state index in [-0.39, 0.29) is 22.8 Å². The van der Waals surface area contributed by atoms with Crippen LogP contribution < -0.4 is 16.2 Å². The van der Waals surface area contributed by atoms with E-state index in [2.05, 4.69) is 62.8 Å². The maximum atomic E-state index is 13.4. The van der Waals surface area contributed by atoms with Crippen LogP contribution in [0, 0.1) is 5.82 Å². The molecule has 6 nitrogen and oxygen atoms in total. The molecule has 4 aromatic carbocycles. The molecule has 0 bridgehead atoms. The number of fused-ring (bicyclic) bond motifs is 2. The zero-order valence-electron chi connectivity index (χ0n) is 20.7. The first-order valence-electron chi connectivity index (χ1n) is 12.4. The number of rotatable bonds is 5. The Morgan fingerprint density at radius 3 is 1.97 bits per heavy atom. The maximum absolute atomic E-state index is 13.4. The molecule has 2 aromatic heterocycles. The molecule has 39 heavy (non-hydrogen) atoms. The van der Waals surface area contributed by atoms with Crippen molar-refractivity contribution in [3.05, 3.63) is 138 Å². The minimum atomic E-state index is -0.384. The summed E-state index contributed by atoms with van der Waals surface area (Å²) in [6.45, 7) is 0. The zero-order chi connectivity index (χ0) is 26.8. The van der Waals surface area contributed by atoms with Crippen molar-refractivity contribution in [2.24, 2.45) is 0 Å². The van der Waals surface area contributed by atoms with Crippen LogP contribution in [0.25, 0.3) is 21.8 Å². The predicted molar refractivity (Wildman–Crippen MR) is 157 cm³/mol. The fourth-order valence-corrected chi connectivity index (χ4v) is 5.10. The third-order valence-electron chi connectivity index (χ3n) is 6.74. The second kappa shape index (κ2) is 10.4. The van der Waals surface area contributed by atoms with Crippen molar-refractivity contribution in [3.63, 3.8) is 0 Å². The van der Waals surface area contributed by atoms with Crippen molar-refractivity contribution >= 4 is 50.7 Å². The number of aromatic nitrogens is 2. The van der Waals surface area contributed by atoms with E-state index in [4.69, 9.17) is 12.2 Å². The summed E-state index contributed by atoms with van der Waals surface area (Å²) >= 11 is 5.21. The Morgan fingerprint density at radius 2 is 1.36 bits per heavy atom. The molecule has 0 saturated heterocycles. The SMILES string of the molecule is O=C(NNC(=S)Nc1cccc(F)c1)c1ccc(C(c2c[nH]c3ccccc23)c2c[nH]c3ccccc23)cc1. The van der Waals surface area contributed by atoms with Gasteiger partial charge in [0, 0.05) is 51.4 Å². The maximum Gasteiger partial charge on any atom is 0.269 e. The average Bonchev–Trinajstić information content (AvgIpc) is 3.58. The van der Waals surface area contributed by atoms with E-state index in [1.165, 1.54) is 12.1 Å². The summed E-state index contributed by atoms with van der Waals surface area (Å²) in [5.74, 6) is -0.790. The number of benzene rings is 4. The molecule has 1 amide bonds. The zero-order valence-corrected chi connectivity index (χ0v) is 21.5. The van der Waals surface area contributed by atoms with Crippen LogP contribution in [0.5, 0.6) is 0 Å². The highest BCUT2D eigenvalue weighted by Crippen LogP contribution is 2.39. The van der Waals surface area contributed by atoms with Gasteiger partial charge in [-0.3, -0.25) is 15.6 Å². The monoisotopic (exact) mass is 533 g/mol. The van der Waals surface area contributed by atoms with Gasteiger partial charge in [0.1, 0.15) is 5.82 Å². The van der Waals surface area contributed by atoms with Crippen molar-refractivity contribution in [1.29, 1.82) is 0 Å². The highest BCUT2D eigenvalue weighted by molar-refractivity contribution is 7.80. The molecule has 0 aliphatic carbocycles. The molecule has 6 aromatic rings. The highest BCUT2D eigenvalue weighted by Gasteiger charge is 2.23. The summed E-state index contributed by atoms with van der Waals surface area (Å²) in [4.78, 5) is 19.6. The minimum absolute atomic E-state index is 0.0596. The van der Waals surface area contributed by atoms with Gasteiger partial charge in [-0.05, 0) is 71.4 Å².